The summed E-state index contributed by atoms with van der Waals surface area (Å²) in [4.78, 5) is 12.7. The minimum Gasteiger partial charge on any atom is -0.489 e. The Morgan fingerprint density at radius 3 is 2.56 bits per heavy atom. The Balaban J connectivity index is 1.36. The molecule has 0 aromatic heterocycles. The van der Waals surface area contributed by atoms with Gasteiger partial charge >= 0.3 is 0 Å². The molecule has 0 radical (unpaired) electrons. The van der Waals surface area contributed by atoms with Crippen LogP contribution in [0.1, 0.15) is 21.5 Å². The van der Waals surface area contributed by atoms with Gasteiger partial charge in [-0.05, 0) is 29.8 Å². The predicted octanol–water partition coefficient (Wildman–Crippen LogP) is 4.00. The molecule has 0 fully saturated rings. The van der Waals surface area contributed by atoms with E-state index >= 15 is 0 Å². The lowest BCUT2D eigenvalue weighted by atomic mass is 10.1. The number of amides is 1. The summed E-state index contributed by atoms with van der Waals surface area (Å²) >= 11 is 0. The number of hydrogen-bond acceptors (Lipinski definition) is 3. The van der Waals surface area contributed by atoms with Gasteiger partial charge in [0.2, 0.25) is 0 Å². The number of carbonyl (C=O) groups excluding carboxylic acids is 1. The molecular formula is C23H21NO3. The highest BCUT2D eigenvalue weighted by Gasteiger charge is 2.23. The molecule has 1 unspecified atom stereocenters. The zero-order chi connectivity index (χ0) is 18.5. The summed E-state index contributed by atoms with van der Waals surface area (Å²) in [5, 5.41) is 2.99. The number of benzene rings is 3. The van der Waals surface area contributed by atoms with Crippen molar-refractivity contribution in [3.8, 4) is 11.5 Å². The second kappa shape index (κ2) is 7.96. The molecule has 0 saturated heterocycles. The lowest BCUT2D eigenvalue weighted by Crippen LogP contribution is -2.35. The highest BCUT2D eigenvalue weighted by atomic mass is 16.5. The highest BCUT2D eigenvalue weighted by Crippen LogP contribution is 2.27. The van der Waals surface area contributed by atoms with Gasteiger partial charge in [0.15, 0.2) is 0 Å². The summed E-state index contributed by atoms with van der Waals surface area (Å²) in [7, 11) is 0. The second-order valence-corrected chi connectivity index (χ2v) is 6.52. The summed E-state index contributed by atoms with van der Waals surface area (Å²) in [6.07, 6.45) is 0.786. The maximum Gasteiger partial charge on any atom is 0.251 e. The molecule has 0 saturated carbocycles. The van der Waals surface area contributed by atoms with E-state index in [4.69, 9.17) is 9.47 Å². The van der Waals surface area contributed by atoms with Gasteiger partial charge in [0.1, 0.15) is 24.2 Å². The van der Waals surface area contributed by atoms with Crippen LogP contribution in [-0.4, -0.2) is 18.6 Å². The number of carbonyl (C=O) groups is 1. The average Bonchev–Trinajstić information content (AvgIpc) is 3.14. The Morgan fingerprint density at radius 2 is 1.70 bits per heavy atom. The monoisotopic (exact) mass is 359 g/mol. The summed E-state index contributed by atoms with van der Waals surface area (Å²) < 4.78 is 11.7. The van der Waals surface area contributed by atoms with E-state index in [2.05, 4.69) is 11.4 Å². The van der Waals surface area contributed by atoms with E-state index in [0.29, 0.717) is 18.7 Å². The molecule has 27 heavy (non-hydrogen) atoms. The first-order valence-electron chi connectivity index (χ1n) is 9.08. The van der Waals surface area contributed by atoms with Crippen molar-refractivity contribution in [3.05, 3.63) is 95.6 Å². The first kappa shape index (κ1) is 17.2. The molecule has 1 N–H and O–H groups in total. The van der Waals surface area contributed by atoms with E-state index in [9.17, 15) is 4.79 Å². The third-order valence-corrected chi connectivity index (χ3v) is 4.60. The molecule has 3 aromatic carbocycles. The maximum absolute atomic E-state index is 12.7. The summed E-state index contributed by atoms with van der Waals surface area (Å²) in [5.74, 6) is 1.58. The fourth-order valence-electron chi connectivity index (χ4n) is 3.22. The first-order valence-corrected chi connectivity index (χ1v) is 9.08. The van der Waals surface area contributed by atoms with E-state index in [0.717, 1.165) is 23.5 Å². The van der Waals surface area contributed by atoms with Gasteiger partial charge in [-0.25, -0.2) is 0 Å². The van der Waals surface area contributed by atoms with Crippen molar-refractivity contribution in [1.82, 2.24) is 5.32 Å². The second-order valence-electron chi connectivity index (χ2n) is 6.52. The van der Waals surface area contributed by atoms with Crippen LogP contribution in [0.4, 0.5) is 0 Å². The Hall–Kier alpha value is -3.27. The first-order chi connectivity index (χ1) is 13.3. The largest absolute Gasteiger partial charge is 0.489 e. The quantitative estimate of drug-likeness (QED) is 0.724. The molecule has 4 rings (SSSR count). The van der Waals surface area contributed by atoms with E-state index in [1.54, 1.807) is 0 Å². The molecule has 0 aliphatic carbocycles. The van der Waals surface area contributed by atoms with Gasteiger partial charge in [0.05, 0.1) is 6.54 Å². The molecule has 1 atom stereocenters. The fraction of sp³-hybridized carbons (Fsp3) is 0.174. The van der Waals surface area contributed by atoms with Crippen LogP contribution in [0.2, 0.25) is 0 Å². The van der Waals surface area contributed by atoms with Gasteiger partial charge in [-0.15, -0.1) is 0 Å². The van der Waals surface area contributed by atoms with Crippen molar-refractivity contribution in [2.45, 2.75) is 19.1 Å². The summed E-state index contributed by atoms with van der Waals surface area (Å²) in [6, 6.07) is 25.1. The Kier molecular flexibility index (Phi) is 5.06. The van der Waals surface area contributed by atoms with Crippen molar-refractivity contribution in [2.75, 3.05) is 6.54 Å². The molecule has 4 heteroatoms. The van der Waals surface area contributed by atoms with Crippen LogP contribution in [0, 0.1) is 0 Å². The van der Waals surface area contributed by atoms with Gasteiger partial charge in [-0.1, -0.05) is 54.6 Å². The van der Waals surface area contributed by atoms with Crippen LogP contribution >= 0.6 is 0 Å². The van der Waals surface area contributed by atoms with Crippen molar-refractivity contribution in [2.24, 2.45) is 0 Å². The topological polar surface area (TPSA) is 47.6 Å². The molecule has 1 aliphatic rings. The molecule has 1 amide bonds. The number of para-hydroxylation sites is 2. The molecule has 0 spiro atoms. The molecule has 4 nitrogen and oxygen atoms in total. The van der Waals surface area contributed by atoms with Gasteiger partial charge in [-0.2, -0.15) is 0 Å². The smallest absolute Gasteiger partial charge is 0.251 e. The zero-order valence-electron chi connectivity index (χ0n) is 14.9. The number of ether oxygens (including phenoxy) is 2. The Morgan fingerprint density at radius 1 is 0.963 bits per heavy atom. The SMILES string of the molecule is O=C(NCC1Cc2ccccc2O1)c1ccccc1COc1ccccc1. The van der Waals surface area contributed by atoms with E-state index < -0.39 is 0 Å². The molecular weight excluding hydrogens is 338 g/mol. The number of hydrogen-bond donors (Lipinski definition) is 1. The number of nitrogens with one attached hydrogen (secondary N) is 1. The van der Waals surface area contributed by atoms with Crippen LogP contribution in [-0.2, 0) is 13.0 Å². The Labute approximate surface area is 158 Å². The van der Waals surface area contributed by atoms with Gasteiger partial charge in [0.25, 0.3) is 5.91 Å². The van der Waals surface area contributed by atoms with Crippen molar-refractivity contribution < 1.29 is 14.3 Å². The molecule has 0 bridgehead atoms. The summed E-state index contributed by atoms with van der Waals surface area (Å²) in [5.41, 5.74) is 2.67. The van der Waals surface area contributed by atoms with Crippen LogP contribution in [0.5, 0.6) is 11.5 Å². The van der Waals surface area contributed by atoms with Gasteiger partial charge in [0, 0.05) is 17.5 Å². The van der Waals surface area contributed by atoms with Crippen LogP contribution in [0.25, 0.3) is 0 Å². The molecule has 3 aromatic rings. The van der Waals surface area contributed by atoms with Crippen molar-refractivity contribution in [3.63, 3.8) is 0 Å². The normalized spacial score (nSPS) is 14.9. The molecule has 1 aliphatic heterocycles. The summed E-state index contributed by atoms with van der Waals surface area (Å²) in [6.45, 7) is 0.820. The molecule has 136 valence electrons. The minimum absolute atomic E-state index is 0.0286. The maximum atomic E-state index is 12.7. The van der Waals surface area contributed by atoms with Crippen molar-refractivity contribution in [1.29, 1.82) is 0 Å². The standard InChI is InChI=1S/C23H21NO3/c25-23(24-15-20-14-17-8-5-7-13-22(17)27-20)21-12-6-4-9-18(21)16-26-19-10-2-1-3-11-19/h1-13,20H,14-16H2,(H,24,25). The van der Waals surface area contributed by atoms with E-state index in [-0.39, 0.29) is 12.0 Å². The van der Waals surface area contributed by atoms with Gasteiger partial charge < -0.3 is 14.8 Å². The van der Waals surface area contributed by atoms with E-state index in [1.165, 1.54) is 5.56 Å². The zero-order valence-corrected chi connectivity index (χ0v) is 14.9. The third kappa shape index (κ3) is 4.11. The number of fused-ring (bicyclic) bond motifs is 1. The predicted molar refractivity (Wildman–Crippen MR) is 104 cm³/mol. The van der Waals surface area contributed by atoms with Crippen LogP contribution in [0.3, 0.4) is 0 Å². The Bertz CT molecular complexity index is 899. The minimum atomic E-state index is -0.109. The van der Waals surface area contributed by atoms with Crippen LogP contribution in [0.15, 0.2) is 78.9 Å². The fourth-order valence-corrected chi connectivity index (χ4v) is 3.22. The molecule has 1 heterocycles. The van der Waals surface area contributed by atoms with Crippen LogP contribution < -0.4 is 14.8 Å². The highest BCUT2D eigenvalue weighted by molar-refractivity contribution is 5.95. The average molecular weight is 359 g/mol. The lowest BCUT2D eigenvalue weighted by Gasteiger charge is -2.14. The van der Waals surface area contributed by atoms with Crippen molar-refractivity contribution >= 4 is 5.91 Å². The third-order valence-electron chi connectivity index (χ3n) is 4.60. The number of rotatable bonds is 6. The van der Waals surface area contributed by atoms with Gasteiger partial charge in [-0.3, -0.25) is 4.79 Å². The van der Waals surface area contributed by atoms with E-state index in [1.807, 2.05) is 72.8 Å². The lowest BCUT2D eigenvalue weighted by molar-refractivity contribution is 0.0931.